The Bertz CT molecular complexity index is 134. The van der Waals surface area contributed by atoms with Gasteiger partial charge in [-0.2, -0.15) is 0 Å². The molecule has 0 bridgehead atoms. The molecule has 64 valence electrons. The molecular formula is C7H14N2O2. The number of hydrogen-bond donors (Lipinski definition) is 2. The van der Waals surface area contributed by atoms with Crippen molar-refractivity contribution in [2.24, 2.45) is 0 Å². The highest BCUT2D eigenvalue weighted by Gasteiger charge is 2.20. The van der Waals surface area contributed by atoms with Crippen molar-refractivity contribution in [3.63, 3.8) is 0 Å². The van der Waals surface area contributed by atoms with E-state index in [9.17, 15) is 4.79 Å². The summed E-state index contributed by atoms with van der Waals surface area (Å²) in [6.45, 7) is 4.28. The fourth-order valence-corrected chi connectivity index (χ4v) is 0.766. The molecule has 1 amide bonds. The Hall–Kier alpha value is -0.770. The summed E-state index contributed by atoms with van der Waals surface area (Å²) in [5, 5.41) is 5.66. The van der Waals surface area contributed by atoms with Gasteiger partial charge in [0.1, 0.15) is 6.10 Å². The van der Waals surface area contributed by atoms with Crippen LogP contribution >= 0.6 is 0 Å². The average molecular weight is 158 g/mol. The van der Waals surface area contributed by atoms with Gasteiger partial charge in [0.15, 0.2) is 0 Å². The van der Waals surface area contributed by atoms with Gasteiger partial charge >= 0.3 is 6.09 Å². The first-order valence-electron chi connectivity index (χ1n) is 3.98. The topological polar surface area (TPSA) is 50.4 Å². The van der Waals surface area contributed by atoms with Crippen LogP contribution < -0.4 is 10.6 Å². The SMILES string of the molecule is CCCNC(=O)OC1CNC1. The highest BCUT2D eigenvalue weighted by molar-refractivity contribution is 5.67. The van der Waals surface area contributed by atoms with Crippen LogP contribution in [0.2, 0.25) is 0 Å². The minimum absolute atomic E-state index is 0.0897. The number of amides is 1. The van der Waals surface area contributed by atoms with Crippen LogP contribution in [0, 0.1) is 0 Å². The highest BCUT2D eigenvalue weighted by atomic mass is 16.6. The van der Waals surface area contributed by atoms with Crippen molar-refractivity contribution in [2.45, 2.75) is 19.4 Å². The minimum Gasteiger partial charge on any atom is -0.444 e. The van der Waals surface area contributed by atoms with E-state index in [1.807, 2.05) is 6.92 Å². The molecule has 0 spiro atoms. The maximum Gasteiger partial charge on any atom is 0.407 e. The van der Waals surface area contributed by atoms with Crippen LogP contribution in [0.15, 0.2) is 0 Å². The van der Waals surface area contributed by atoms with E-state index < -0.39 is 0 Å². The standard InChI is InChI=1S/C7H14N2O2/c1-2-3-9-7(10)11-6-4-8-5-6/h6,8H,2-5H2,1H3,(H,9,10). The summed E-state index contributed by atoms with van der Waals surface area (Å²) in [5.74, 6) is 0. The van der Waals surface area contributed by atoms with Gasteiger partial charge in [-0.05, 0) is 6.42 Å². The van der Waals surface area contributed by atoms with Gasteiger partial charge in [-0.3, -0.25) is 0 Å². The third kappa shape index (κ3) is 2.76. The Morgan fingerprint density at radius 3 is 2.91 bits per heavy atom. The van der Waals surface area contributed by atoms with Crippen LogP contribution in [0.1, 0.15) is 13.3 Å². The Balaban J connectivity index is 2.00. The predicted molar refractivity (Wildman–Crippen MR) is 41.4 cm³/mol. The zero-order valence-electron chi connectivity index (χ0n) is 6.72. The molecule has 0 aromatic rings. The second-order valence-electron chi connectivity index (χ2n) is 2.61. The van der Waals surface area contributed by atoms with Crippen LogP contribution in [0.5, 0.6) is 0 Å². The molecule has 0 saturated carbocycles. The number of hydrogen-bond acceptors (Lipinski definition) is 3. The molecule has 11 heavy (non-hydrogen) atoms. The Morgan fingerprint density at radius 1 is 1.73 bits per heavy atom. The summed E-state index contributed by atoms with van der Waals surface area (Å²) in [7, 11) is 0. The minimum atomic E-state index is -0.293. The van der Waals surface area contributed by atoms with Gasteiger partial charge in [-0.15, -0.1) is 0 Å². The van der Waals surface area contributed by atoms with E-state index in [-0.39, 0.29) is 12.2 Å². The lowest BCUT2D eigenvalue weighted by Crippen LogP contribution is -2.50. The van der Waals surface area contributed by atoms with E-state index in [0.717, 1.165) is 19.5 Å². The van der Waals surface area contributed by atoms with Gasteiger partial charge in [0, 0.05) is 19.6 Å². The Kier molecular flexibility index (Phi) is 3.16. The zero-order chi connectivity index (χ0) is 8.10. The van der Waals surface area contributed by atoms with Crippen molar-refractivity contribution in [2.75, 3.05) is 19.6 Å². The average Bonchev–Trinajstić information content (AvgIpc) is 1.93. The van der Waals surface area contributed by atoms with Crippen molar-refractivity contribution < 1.29 is 9.53 Å². The maximum absolute atomic E-state index is 10.8. The van der Waals surface area contributed by atoms with Crippen molar-refractivity contribution >= 4 is 6.09 Å². The van der Waals surface area contributed by atoms with Crippen LogP contribution in [0.4, 0.5) is 4.79 Å². The number of carbonyl (C=O) groups is 1. The molecule has 0 unspecified atom stereocenters. The molecule has 1 aliphatic heterocycles. The monoisotopic (exact) mass is 158 g/mol. The van der Waals surface area contributed by atoms with Gasteiger partial charge < -0.3 is 15.4 Å². The van der Waals surface area contributed by atoms with E-state index in [0.29, 0.717) is 6.54 Å². The largest absolute Gasteiger partial charge is 0.444 e. The number of alkyl carbamates (subject to hydrolysis) is 1. The quantitative estimate of drug-likeness (QED) is 0.612. The molecule has 1 saturated heterocycles. The van der Waals surface area contributed by atoms with Gasteiger partial charge in [0.25, 0.3) is 0 Å². The first kappa shape index (κ1) is 8.33. The van der Waals surface area contributed by atoms with E-state index in [1.165, 1.54) is 0 Å². The number of rotatable bonds is 3. The number of carbonyl (C=O) groups excluding carboxylic acids is 1. The van der Waals surface area contributed by atoms with E-state index in [1.54, 1.807) is 0 Å². The molecule has 0 aromatic heterocycles. The molecule has 0 atom stereocenters. The van der Waals surface area contributed by atoms with E-state index >= 15 is 0 Å². The molecule has 1 fully saturated rings. The first-order valence-corrected chi connectivity index (χ1v) is 3.98. The van der Waals surface area contributed by atoms with Crippen LogP contribution in [0.25, 0.3) is 0 Å². The molecule has 1 heterocycles. The smallest absolute Gasteiger partial charge is 0.407 e. The van der Waals surface area contributed by atoms with Crippen molar-refractivity contribution in [3.05, 3.63) is 0 Å². The van der Waals surface area contributed by atoms with E-state index in [2.05, 4.69) is 10.6 Å². The summed E-state index contributed by atoms with van der Waals surface area (Å²) in [4.78, 5) is 10.8. The molecule has 0 aliphatic carbocycles. The molecule has 4 heteroatoms. The summed E-state index contributed by atoms with van der Waals surface area (Å²) in [6, 6.07) is 0. The molecule has 4 nitrogen and oxygen atoms in total. The summed E-state index contributed by atoms with van der Waals surface area (Å²) in [5.41, 5.74) is 0. The predicted octanol–water partition coefficient (Wildman–Crippen LogP) is 0.0944. The first-order chi connectivity index (χ1) is 5.33. The van der Waals surface area contributed by atoms with Gasteiger partial charge in [0.05, 0.1) is 0 Å². The summed E-state index contributed by atoms with van der Waals surface area (Å²) < 4.78 is 4.98. The molecule has 0 aromatic carbocycles. The summed E-state index contributed by atoms with van der Waals surface area (Å²) >= 11 is 0. The zero-order valence-corrected chi connectivity index (χ0v) is 6.72. The molecule has 2 N–H and O–H groups in total. The van der Waals surface area contributed by atoms with Crippen molar-refractivity contribution in [1.82, 2.24) is 10.6 Å². The lowest BCUT2D eigenvalue weighted by atomic mass is 10.2. The fourth-order valence-electron chi connectivity index (χ4n) is 0.766. The van der Waals surface area contributed by atoms with E-state index in [4.69, 9.17) is 4.74 Å². The van der Waals surface area contributed by atoms with Crippen LogP contribution in [-0.4, -0.2) is 31.8 Å². The molecular weight excluding hydrogens is 144 g/mol. The second-order valence-corrected chi connectivity index (χ2v) is 2.61. The Labute approximate surface area is 66.3 Å². The highest BCUT2D eigenvalue weighted by Crippen LogP contribution is 1.97. The molecule has 1 aliphatic rings. The lowest BCUT2D eigenvalue weighted by Gasteiger charge is -2.26. The normalized spacial score (nSPS) is 17.2. The van der Waals surface area contributed by atoms with Gasteiger partial charge in [0.2, 0.25) is 0 Å². The molecule has 0 radical (unpaired) electrons. The number of ether oxygens (including phenoxy) is 1. The van der Waals surface area contributed by atoms with Crippen LogP contribution in [-0.2, 0) is 4.74 Å². The van der Waals surface area contributed by atoms with Crippen LogP contribution in [0.3, 0.4) is 0 Å². The third-order valence-electron chi connectivity index (χ3n) is 1.54. The summed E-state index contributed by atoms with van der Waals surface area (Å²) in [6.07, 6.45) is 0.739. The number of nitrogens with one attached hydrogen (secondary N) is 2. The van der Waals surface area contributed by atoms with Gasteiger partial charge in [-0.25, -0.2) is 4.79 Å². The lowest BCUT2D eigenvalue weighted by molar-refractivity contribution is 0.0672. The van der Waals surface area contributed by atoms with Gasteiger partial charge in [-0.1, -0.05) is 6.92 Å². The van der Waals surface area contributed by atoms with Crippen molar-refractivity contribution in [3.8, 4) is 0 Å². The Morgan fingerprint density at radius 2 is 2.45 bits per heavy atom. The molecule has 1 rings (SSSR count). The maximum atomic E-state index is 10.8. The third-order valence-corrected chi connectivity index (χ3v) is 1.54. The fraction of sp³-hybridized carbons (Fsp3) is 0.857. The second kappa shape index (κ2) is 4.18. The van der Waals surface area contributed by atoms with Crippen molar-refractivity contribution in [1.29, 1.82) is 0 Å².